The number of hydrogen-bond acceptors (Lipinski definition) is 3. The summed E-state index contributed by atoms with van der Waals surface area (Å²) >= 11 is 0. The summed E-state index contributed by atoms with van der Waals surface area (Å²) in [7, 11) is 3.56. The molecule has 7 heteroatoms. The van der Waals surface area contributed by atoms with Crippen molar-refractivity contribution < 1.29 is 9.53 Å². The highest BCUT2D eigenvalue weighted by atomic mass is 127. The third kappa shape index (κ3) is 7.39. The van der Waals surface area contributed by atoms with E-state index in [9.17, 15) is 4.79 Å². The van der Waals surface area contributed by atoms with Gasteiger partial charge in [0.15, 0.2) is 5.96 Å². The number of halogens is 1. The lowest BCUT2D eigenvalue weighted by molar-refractivity contribution is -0.131. The molecule has 26 heavy (non-hydrogen) atoms. The number of methoxy groups -OCH3 is 1. The summed E-state index contributed by atoms with van der Waals surface area (Å²) in [6.45, 7) is 11.1. The predicted octanol–water partition coefficient (Wildman–Crippen LogP) is 2.89. The Morgan fingerprint density at radius 1 is 1.23 bits per heavy atom. The van der Waals surface area contributed by atoms with E-state index in [1.54, 1.807) is 7.11 Å². The summed E-state index contributed by atoms with van der Waals surface area (Å²) in [5.74, 6) is 1.69. The van der Waals surface area contributed by atoms with Gasteiger partial charge >= 0.3 is 0 Å². The minimum atomic E-state index is 0. The quantitative estimate of drug-likeness (QED) is 0.356. The minimum absolute atomic E-state index is 0. The van der Waals surface area contributed by atoms with Gasteiger partial charge in [-0.05, 0) is 44.9 Å². The second-order valence-corrected chi connectivity index (χ2v) is 5.90. The Kier molecular flexibility index (Phi) is 12.0. The molecule has 0 saturated heterocycles. The third-order valence-corrected chi connectivity index (χ3v) is 4.07. The number of nitrogens with zero attached hydrogens (tertiary/aromatic N) is 3. The van der Waals surface area contributed by atoms with Gasteiger partial charge in [-0.2, -0.15) is 0 Å². The molecule has 1 aromatic carbocycles. The van der Waals surface area contributed by atoms with Gasteiger partial charge in [0.25, 0.3) is 0 Å². The number of rotatable bonds is 8. The lowest BCUT2D eigenvalue weighted by atomic mass is 10.1. The predicted molar refractivity (Wildman–Crippen MR) is 119 cm³/mol. The third-order valence-electron chi connectivity index (χ3n) is 4.07. The van der Waals surface area contributed by atoms with E-state index in [1.807, 2.05) is 62.7 Å². The van der Waals surface area contributed by atoms with Crippen LogP contribution in [0.3, 0.4) is 0 Å². The topological polar surface area (TPSA) is 57.2 Å². The van der Waals surface area contributed by atoms with Gasteiger partial charge in [0.1, 0.15) is 5.75 Å². The lowest BCUT2D eigenvalue weighted by Crippen LogP contribution is -2.45. The van der Waals surface area contributed by atoms with E-state index < -0.39 is 0 Å². The first-order chi connectivity index (χ1) is 12.0. The molecule has 0 aliphatic heterocycles. The molecule has 0 atom stereocenters. The molecule has 1 amide bonds. The van der Waals surface area contributed by atoms with E-state index in [2.05, 4.69) is 10.3 Å². The first kappa shape index (κ1) is 24.5. The smallest absolute Gasteiger partial charge is 0.242 e. The number of aryl methyl sites for hydroxylation is 1. The zero-order valence-electron chi connectivity index (χ0n) is 16.8. The minimum Gasteiger partial charge on any atom is -0.496 e. The molecule has 0 fully saturated rings. The summed E-state index contributed by atoms with van der Waals surface area (Å²) in [5, 5.41) is 3.25. The first-order valence-electron chi connectivity index (χ1n) is 8.87. The molecule has 0 heterocycles. The molecular weight excluding hydrogens is 443 g/mol. The number of aliphatic imine (C=N–C) groups is 1. The normalized spacial score (nSPS) is 10.8. The standard InChI is InChI=1S/C19H32N4O2.HI/c1-7-20-19(22(5)14-18(24)23(8-2)9-3)21-13-16-11-10-15(4)17(12-16)25-6;/h10-12H,7-9,13-14H2,1-6H3,(H,20,21);1H. The Balaban J connectivity index is 0.00000625. The molecule has 0 saturated carbocycles. The molecule has 0 aliphatic rings. The second-order valence-electron chi connectivity index (χ2n) is 5.90. The maximum Gasteiger partial charge on any atom is 0.242 e. The molecule has 1 aromatic rings. The number of carbonyl (C=O) groups is 1. The fourth-order valence-corrected chi connectivity index (χ4v) is 2.55. The van der Waals surface area contributed by atoms with E-state index in [-0.39, 0.29) is 29.9 Å². The van der Waals surface area contributed by atoms with Crippen LogP contribution in [0.4, 0.5) is 0 Å². The SMILES string of the molecule is CCNC(=NCc1ccc(C)c(OC)c1)N(C)CC(=O)N(CC)CC.I. The maximum atomic E-state index is 12.3. The van der Waals surface area contributed by atoms with Crippen molar-refractivity contribution in [2.45, 2.75) is 34.2 Å². The fourth-order valence-electron chi connectivity index (χ4n) is 2.55. The Bertz CT molecular complexity index is 589. The zero-order valence-corrected chi connectivity index (χ0v) is 19.2. The van der Waals surface area contributed by atoms with Gasteiger partial charge in [-0.15, -0.1) is 24.0 Å². The van der Waals surface area contributed by atoms with Crippen LogP contribution < -0.4 is 10.1 Å². The van der Waals surface area contributed by atoms with E-state index >= 15 is 0 Å². The number of carbonyl (C=O) groups excluding carboxylic acids is 1. The Morgan fingerprint density at radius 3 is 2.42 bits per heavy atom. The second kappa shape index (κ2) is 12.8. The summed E-state index contributed by atoms with van der Waals surface area (Å²) in [5.41, 5.74) is 2.17. The fraction of sp³-hybridized carbons (Fsp3) is 0.579. The van der Waals surface area contributed by atoms with Gasteiger partial charge in [-0.3, -0.25) is 4.79 Å². The number of likely N-dealkylation sites (N-methyl/N-ethyl adjacent to an activating group) is 2. The van der Waals surface area contributed by atoms with Crippen LogP contribution in [-0.4, -0.2) is 62.0 Å². The van der Waals surface area contributed by atoms with E-state index in [1.165, 1.54) is 0 Å². The first-order valence-corrected chi connectivity index (χ1v) is 8.87. The molecule has 1 N–H and O–H groups in total. The van der Waals surface area contributed by atoms with Crippen molar-refractivity contribution in [2.24, 2.45) is 4.99 Å². The molecular formula is C19H33IN4O2. The van der Waals surface area contributed by atoms with Crippen molar-refractivity contribution in [3.05, 3.63) is 29.3 Å². The molecule has 0 aromatic heterocycles. The van der Waals surface area contributed by atoms with Crippen LogP contribution in [0, 0.1) is 6.92 Å². The molecule has 0 aliphatic carbocycles. The molecule has 0 radical (unpaired) electrons. The Morgan fingerprint density at radius 2 is 1.88 bits per heavy atom. The number of guanidine groups is 1. The van der Waals surface area contributed by atoms with Gasteiger partial charge < -0.3 is 19.9 Å². The van der Waals surface area contributed by atoms with Crippen molar-refractivity contribution >= 4 is 35.8 Å². The number of hydrogen-bond donors (Lipinski definition) is 1. The van der Waals surface area contributed by atoms with Crippen LogP contribution >= 0.6 is 24.0 Å². The van der Waals surface area contributed by atoms with Crippen LogP contribution in [-0.2, 0) is 11.3 Å². The van der Waals surface area contributed by atoms with Gasteiger partial charge in [0.05, 0.1) is 20.2 Å². The Hall–Kier alpha value is -1.51. The zero-order chi connectivity index (χ0) is 18.8. The highest BCUT2D eigenvalue weighted by Gasteiger charge is 2.15. The number of nitrogens with one attached hydrogen (secondary N) is 1. The summed E-state index contributed by atoms with van der Waals surface area (Å²) in [6.07, 6.45) is 0. The summed E-state index contributed by atoms with van der Waals surface area (Å²) < 4.78 is 5.37. The molecule has 1 rings (SSSR count). The maximum absolute atomic E-state index is 12.3. The van der Waals surface area contributed by atoms with Gasteiger partial charge in [-0.1, -0.05) is 12.1 Å². The molecule has 6 nitrogen and oxygen atoms in total. The van der Waals surface area contributed by atoms with Gasteiger partial charge in [0, 0.05) is 26.7 Å². The largest absolute Gasteiger partial charge is 0.496 e. The van der Waals surface area contributed by atoms with Gasteiger partial charge in [-0.25, -0.2) is 4.99 Å². The average Bonchev–Trinajstić information content (AvgIpc) is 2.60. The van der Waals surface area contributed by atoms with Crippen molar-refractivity contribution in [3.8, 4) is 5.75 Å². The molecule has 0 bridgehead atoms. The van der Waals surface area contributed by atoms with Crippen molar-refractivity contribution in [2.75, 3.05) is 40.3 Å². The molecule has 0 spiro atoms. The van der Waals surface area contributed by atoms with Crippen molar-refractivity contribution in [1.82, 2.24) is 15.1 Å². The van der Waals surface area contributed by atoms with E-state index in [4.69, 9.17) is 4.74 Å². The van der Waals surface area contributed by atoms with Crippen LogP contribution in [0.2, 0.25) is 0 Å². The van der Waals surface area contributed by atoms with Crippen molar-refractivity contribution in [1.29, 1.82) is 0 Å². The van der Waals surface area contributed by atoms with Gasteiger partial charge in [0.2, 0.25) is 5.91 Å². The van der Waals surface area contributed by atoms with Crippen LogP contribution in [0.5, 0.6) is 5.75 Å². The number of amides is 1. The molecule has 0 unspecified atom stereocenters. The summed E-state index contributed by atoms with van der Waals surface area (Å²) in [6, 6.07) is 6.08. The number of benzene rings is 1. The highest BCUT2D eigenvalue weighted by molar-refractivity contribution is 14.0. The number of ether oxygens (including phenoxy) is 1. The van der Waals surface area contributed by atoms with Crippen LogP contribution in [0.1, 0.15) is 31.9 Å². The van der Waals surface area contributed by atoms with E-state index in [0.717, 1.165) is 42.5 Å². The monoisotopic (exact) mass is 476 g/mol. The summed E-state index contributed by atoms with van der Waals surface area (Å²) in [4.78, 5) is 20.7. The molecule has 148 valence electrons. The van der Waals surface area contributed by atoms with Crippen LogP contribution in [0.25, 0.3) is 0 Å². The Labute approximate surface area is 175 Å². The van der Waals surface area contributed by atoms with Crippen LogP contribution in [0.15, 0.2) is 23.2 Å². The highest BCUT2D eigenvalue weighted by Crippen LogP contribution is 2.19. The average molecular weight is 476 g/mol. The lowest BCUT2D eigenvalue weighted by Gasteiger charge is -2.25. The van der Waals surface area contributed by atoms with E-state index in [0.29, 0.717) is 13.1 Å². The van der Waals surface area contributed by atoms with Crippen molar-refractivity contribution in [3.63, 3.8) is 0 Å².